The second-order valence-corrected chi connectivity index (χ2v) is 11.8. The lowest BCUT2D eigenvalue weighted by Crippen LogP contribution is -2.48. The van der Waals surface area contributed by atoms with Crippen LogP contribution in [-0.2, 0) is 9.59 Å². The number of amides is 2. The van der Waals surface area contributed by atoms with E-state index >= 15 is 0 Å². The molecule has 2 aromatic carbocycles. The zero-order chi connectivity index (χ0) is 25.3. The predicted octanol–water partition coefficient (Wildman–Crippen LogP) is 4.71. The first-order chi connectivity index (χ1) is 17.3. The first-order valence-electron chi connectivity index (χ1n) is 13.6. The molecule has 0 atom stereocenters. The van der Waals surface area contributed by atoms with E-state index in [2.05, 4.69) is 10.6 Å². The summed E-state index contributed by atoms with van der Waals surface area (Å²) in [5.41, 5.74) is 1.92. The quantitative estimate of drug-likeness (QED) is 0.374. The highest BCUT2D eigenvalue weighted by molar-refractivity contribution is 5.99. The Labute approximate surface area is 214 Å². The van der Waals surface area contributed by atoms with Crippen LogP contribution in [0.4, 0.5) is 5.69 Å². The first kappa shape index (κ1) is 24.8. The molecule has 4 fully saturated rings. The van der Waals surface area contributed by atoms with Gasteiger partial charge in [0, 0.05) is 37.8 Å². The van der Waals surface area contributed by atoms with Crippen LogP contribution in [0.3, 0.4) is 0 Å². The number of rotatable bonds is 10. The number of carbonyl (C=O) groups excluding carboxylic acids is 3. The van der Waals surface area contributed by atoms with Gasteiger partial charge in [-0.15, -0.1) is 0 Å². The van der Waals surface area contributed by atoms with Crippen LogP contribution in [0.5, 0.6) is 0 Å². The molecular weight excluding hydrogens is 450 g/mol. The number of carbonyl (C=O) groups is 3. The Morgan fingerprint density at radius 3 is 2.08 bits per heavy atom. The summed E-state index contributed by atoms with van der Waals surface area (Å²) >= 11 is 0. The van der Waals surface area contributed by atoms with Crippen LogP contribution in [0, 0.1) is 23.2 Å². The minimum Gasteiger partial charge on any atom is -0.365 e. The van der Waals surface area contributed by atoms with Crippen LogP contribution in [-0.4, -0.2) is 44.3 Å². The van der Waals surface area contributed by atoms with Gasteiger partial charge in [0.25, 0.3) is 0 Å². The van der Waals surface area contributed by atoms with Crippen molar-refractivity contribution in [3.05, 3.63) is 42.0 Å². The fraction of sp³-hybridized carbons (Fsp3) is 0.567. The summed E-state index contributed by atoms with van der Waals surface area (Å²) in [5, 5.41) is 8.12. The normalized spacial score (nSPS) is 26.1. The van der Waals surface area contributed by atoms with Crippen LogP contribution < -0.4 is 15.5 Å². The molecule has 2 amide bonds. The molecule has 6 nitrogen and oxygen atoms in total. The van der Waals surface area contributed by atoms with E-state index in [4.69, 9.17) is 0 Å². The molecule has 0 aromatic heterocycles. The fourth-order valence-electron chi connectivity index (χ4n) is 7.51. The van der Waals surface area contributed by atoms with E-state index in [1.165, 1.54) is 38.5 Å². The second-order valence-electron chi connectivity index (χ2n) is 11.8. The van der Waals surface area contributed by atoms with Crippen molar-refractivity contribution in [1.82, 2.24) is 10.6 Å². The van der Waals surface area contributed by atoms with Crippen molar-refractivity contribution in [2.45, 2.75) is 58.3 Å². The van der Waals surface area contributed by atoms with Crippen LogP contribution in [0.15, 0.2) is 36.4 Å². The number of likely N-dealkylation sites (N-methyl/N-ethyl adjacent to an activating group) is 1. The number of hydrogen-bond acceptors (Lipinski definition) is 4. The van der Waals surface area contributed by atoms with Crippen LogP contribution in [0.2, 0.25) is 0 Å². The van der Waals surface area contributed by atoms with E-state index in [0.29, 0.717) is 25.1 Å². The highest BCUT2D eigenvalue weighted by atomic mass is 16.2. The molecule has 6 rings (SSSR count). The Balaban J connectivity index is 1.01. The Bertz CT molecular complexity index is 1120. The Hall–Kier alpha value is -2.89. The maximum absolute atomic E-state index is 12.7. The molecule has 0 aliphatic heterocycles. The van der Waals surface area contributed by atoms with Crippen molar-refractivity contribution in [3.63, 3.8) is 0 Å². The third-order valence-corrected chi connectivity index (χ3v) is 8.75. The zero-order valence-corrected chi connectivity index (χ0v) is 21.6. The van der Waals surface area contributed by atoms with Gasteiger partial charge in [-0.05, 0) is 104 Å². The van der Waals surface area contributed by atoms with Gasteiger partial charge in [-0.2, -0.15) is 0 Å². The van der Waals surface area contributed by atoms with Gasteiger partial charge in [0.05, 0.1) is 6.54 Å². The van der Waals surface area contributed by atoms with E-state index in [1.807, 2.05) is 48.3 Å². The van der Waals surface area contributed by atoms with Crippen LogP contribution in [0.1, 0.15) is 68.6 Å². The standard InChI is InChI=1S/C30H39N3O3/c1-20(34)24-4-5-26-14-27(7-6-25(26)13-24)33(2)19-29(36)32-9-3-8-31-28(35)18-30-15-21-10-22(16-30)12-23(11-21)17-30/h4-7,13-14,21-23H,3,8-12,15-19H2,1-2H3,(H,31,35)(H,32,36). The van der Waals surface area contributed by atoms with Crippen molar-refractivity contribution < 1.29 is 14.4 Å². The number of nitrogens with one attached hydrogen (secondary N) is 2. The minimum absolute atomic E-state index is 0.0376. The third kappa shape index (κ3) is 5.58. The third-order valence-electron chi connectivity index (χ3n) is 8.75. The lowest BCUT2D eigenvalue weighted by molar-refractivity contribution is -0.129. The molecule has 0 heterocycles. The van der Waals surface area contributed by atoms with Crippen molar-refractivity contribution in [2.24, 2.45) is 23.2 Å². The summed E-state index contributed by atoms with van der Waals surface area (Å²) in [5.74, 6) is 2.81. The summed E-state index contributed by atoms with van der Waals surface area (Å²) in [6.07, 6.45) is 9.40. The SMILES string of the molecule is CC(=O)c1ccc2cc(N(C)CC(=O)NCCCNC(=O)CC34CC5CC(CC(C5)C3)C4)ccc2c1. The minimum atomic E-state index is -0.0376. The van der Waals surface area contributed by atoms with Gasteiger partial charge < -0.3 is 15.5 Å². The van der Waals surface area contributed by atoms with E-state index in [0.717, 1.165) is 40.6 Å². The molecule has 2 N–H and O–H groups in total. The molecule has 6 heteroatoms. The molecule has 36 heavy (non-hydrogen) atoms. The van der Waals surface area contributed by atoms with Crippen molar-refractivity contribution >= 4 is 34.1 Å². The highest BCUT2D eigenvalue weighted by Gasteiger charge is 2.51. The molecule has 4 aliphatic carbocycles. The number of anilines is 1. The van der Waals surface area contributed by atoms with E-state index in [9.17, 15) is 14.4 Å². The number of fused-ring (bicyclic) bond motifs is 1. The Morgan fingerprint density at radius 2 is 1.44 bits per heavy atom. The monoisotopic (exact) mass is 489 g/mol. The Morgan fingerprint density at radius 1 is 0.861 bits per heavy atom. The lowest BCUT2D eigenvalue weighted by atomic mass is 9.49. The molecule has 192 valence electrons. The molecule has 0 radical (unpaired) electrons. The van der Waals surface area contributed by atoms with Gasteiger partial charge >= 0.3 is 0 Å². The average Bonchev–Trinajstić information content (AvgIpc) is 2.81. The summed E-state index contributed by atoms with van der Waals surface area (Å²) in [4.78, 5) is 38.6. The summed E-state index contributed by atoms with van der Waals surface area (Å²) in [7, 11) is 1.90. The highest BCUT2D eigenvalue weighted by Crippen LogP contribution is 2.61. The lowest BCUT2D eigenvalue weighted by Gasteiger charge is -2.56. The van der Waals surface area contributed by atoms with Crippen molar-refractivity contribution in [2.75, 3.05) is 31.6 Å². The topological polar surface area (TPSA) is 78.5 Å². The van der Waals surface area contributed by atoms with Crippen molar-refractivity contribution in [3.8, 4) is 0 Å². The van der Waals surface area contributed by atoms with Gasteiger partial charge in [-0.1, -0.05) is 18.2 Å². The number of Topliss-reactive ketones (excluding diaryl/α,β-unsaturated/α-hetero) is 1. The van der Waals surface area contributed by atoms with Crippen molar-refractivity contribution in [1.29, 1.82) is 0 Å². The predicted molar refractivity (Wildman–Crippen MR) is 143 cm³/mol. The summed E-state index contributed by atoms with van der Waals surface area (Å²) in [6.45, 7) is 2.98. The molecule has 4 bridgehead atoms. The number of ketones is 1. The molecule has 2 aromatic rings. The van der Waals surface area contributed by atoms with E-state index < -0.39 is 0 Å². The molecule has 4 aliphatic rings. The molecule has 4 saturated carbocycles. The van der Waals surface area contributed by atoms with E-state index in [-0.39, 0.29) is 29.6 Å². The van der Waals surface area contributed by atoms with Gasteiger partial charge in [-0.25, -0.2) is 0 Å². The summed E-state index contributed by atoms with van der Waals surface area (Å²) in [6, 6.07) is 11.7. The molecule has 0 saturated heterocycles. The first-order valence-corrected chi connectivity index (χ1v) is 13.6. The zero-order valence-electron chi connectivity index (χ0n) is 21.6. The molecule has 0 spiro atoms. The second kappa shape index (κ2) is 10.2. The fourth-order valence-corrected chi connectivity index (χ4v) is 7.51. The molecule has 0 unspecified atom stereocenters. The van der Waals surface area contributed by atoms with Gasteiger partial charge in [-0.3, -0.25) is 14.4 Å². The summed E-state index contributed by atoms with van der Waals surface area (Å²) < 4.78 is 0. The van der Waals surface area contributed by atoms with Gasteiger partial charge in [0.2, 0.25) is 11.8 Å². The van der Waals surface area contributed by atoms with E-state index in [1.54, 1.807) is 6.92 Å². The number of benzene rings is 2. The maximum atomic E-state index is 12.7. The average molecular weight is 490 g/mol. The maximum Gasteiger partial charge on any atom is 0.239 e. The Kier molecular flexibility index (Phi) is 7.05. The number of hydrogen-bond donors (Lipinski definition) is 2. The van der Waals surface area contributed by atoms with Crippen LogP contribution in [0.25, 0.3) is 10.8 Å². The smallest absolute Gasteiger partial charge is 0.239 e. The largest absolute Gasteiger partial charge is 0.365 e. The number of nitrogens with zero attached hydrogens (tertiary/aromatic N) is 1. The van der Waals surface area contributed by atoms with Crippen LogP contribution >= 0.6 is 0 Å². The van der Waals surface area contributed by atoms with Gasteiger partial charge in [0.1, 0.15) is 0 Å². The molecular formula is C30H39N3O3. The van der Waals surface area contributed by atoms with Gasteiger partial charge in [0.15, 0.2) is 5.78 Å².